The summed E-state index contributed by atoms with van der Waals surface area (Å²) in [5, 5.41) is 0. The van der Waals surface area contributed by atoms with Crippen LogP contribution in [0.5, 0.6) is 17.2 Å². The van der Waals surface area contributed by atoms with E-state index in [1.807, 2.05) is 0 Å². The second-order valence-electron chi connectivity index (χ2n) is 4.62. The molecular formula is C14H11F6NO3S2. The van der Waals surface area contributed by atoms with Crippen molar-refractivity contribution in [1.82, 2.24) is 0 Å². The Bertz CT molecular complexity index is 707. The lowest BCUT2D eigenvalue weighted by molar-refractivity contribution is -0.171. The van der Waals surface area contributed by atoms with E-state index >= 15 is 0 Å². The first kappa shape index (κ1) is 20.6. The maximum atomic E-state index is 12.6. The number of hydrogen-bond donors (Lipinski definition) is 0. The monoisotopic (exact) mass is 419 g/mol. The second-order valence-corrected chi connectivity index (χ2v) is 7.14. The van der Waals surface area contributed by atoms with Crippen molar-refractivity contribution in [3.8, 4) is 17.2 Å². The predicted molar refractivity (Wildman–Crippen MR) is 87.5 cm³/mol. The highest BCUT2D eigenvalue weighted by Crippen LogP contribution is 2.56. The van der Waals surface area contributed by atoms with Gasteiger partial charge >= 0.3 is 12.4 Å². The van der Waals surface area contributed by atoms with Gasteiger partial charge in [-0.15, -0.1) is 0 Å². The third kappa shape index (κ3) is 4.34. The van der Waals surface area contributed by atoms with E-state index in [0.29, 0.717) is 23.5 Å². The summed E-state index contributed by atoms with van der Waals surface area (Å²) in [6, 6.07) is 2.84. The van der Waals surface area contributed by atoms with Crippen LogP contribution in [0.1, 0.15) is 0 Å². The largest absolute Gasteiger partial charge is 0.493 e. The third-order valence-corrected chi connectivity index (χ3v) is 5.31. The van der Waals surface area contributed by atoms with E-state index in [9.17, 15) is 26.3 Å². The van der Waals surface area contributed by atoms with E-state index in [1.165, 1.54) is 33.5 Å². The van der Waals surface area contributed by atoms with Crippen LogP contribution < -0.4 is 14.2 Å². The zero-order chi connectivity index (χ0) is 19.7. The van der Waals surface area contributed by atoms with Gasteiger partial charge in [0, 0.05) is 12.1 Å². The molecule has 2 rings (SSSR count). The molecule has 0 saturated carbocycles. The molecule has 4 nitrogen and oxygen atoms in total. The molecule has 1 aliphatic rings. The average molecular weight is 419 g/mol. The molecule has 0 N–H and O–H groups in total. The molecule has 1 saturated heterocycles. The molecular weight excluding hydrogens is 408 g/mol. The molecule has 0 aliphatic carbocycles. The van der Waals surface area contributed by atoms with Gasteiger partial charge in [0.25, 0.3) is 0 Å². The summed E-state index contributed by atoms with van der Waals surface area (Å²) >= 11 is 0.614. The summed E-state index contributed by atoms with van der Waals surface area (Å²) in [6.07, 6.45) is -11.0. The molecule has 144 valence electrons. The number of alkyl halides is 6. The number of ether oxygens (including phenoxy) is 3. The van der Waals surface area contributed by atoms with E-state index in [0.717, 1.165) is 0 Å². The molecule has 1 aliphatic heterocycles. The number of rotatable bonds is 4. The summed E-state index contributed by atoms with van der Waals surface area (Å²) in [7, 11) is 4.11. The van der Waals surface area contributed by atoms with Crippen LogP contribution in [0, 0.1) is 0 Å². The van der Waals surface area contributed by atoms with Gasteiger partial charge in [-0.3, -0.25) is 0 Å². The predicted octanol–water partition coefficient (Wildman–Crippen LogP) is 5.52. The van der Waals surface area contributed by atoms with Crippen LogP contribution in [0.4, 0.5) is 32.0 Å². The Morgan fingerprint density at radius 1 is 0.846 bits per heavy atom. The van der Waals surface area contributed by atoms with E-state index in [-0.39, 0.29) is 27.3 Å². The van der Waals surface area contributed by atoms with Gasteiger partial charge in [-0.25, -0.2) is 4.99 Å². The van der Waals surface area contributed by atoms with Gasteiger partial charge in [-0.2, -0.15) is 26.3 Å². The highest BCUT2D eigenvalue weighted by Gasteiger charge is 2.55. The summed E-state index contributed by atoms with van der Waals surface area (Å²) in [4.78, 5) is 4.01. The number of methoxy groups -OCH3 is 3. The number of nitrogens with zero attached hydrogens (tertiary/aromatic N) is 1. The number of aliphatic imine (C=N–C) groups is 1. The molecule has 1 fully saturated rings. The lowest BCUT2D eigenvalue weighted by Crippen LogP contribution is -2.28. The summed E-state index contributed by atoms with van der Waals surface area (Å²) in [6.45, 7) is 0. The molecule has 1 heterocycles. The number of benzene rings is 1. The Labute approximate surface area is 152 Å². The van der Waals surface area contributed by atoms with Gasteiger partial charge in [-0.05, 0) is 0 Å². The Balaban J connectivity index is 2.34. The summed E-state index contributed by atoms with van der Waals surface area (Å²) in [5.74, 6) is 0.787. The van der Waals surface area contributed by atoms with Gasteiger partial charge in [0.1, 0.15) is 4.38 Å². The number of hydrogen-bond acceptors (Lipinski definition) is 6. The van der Waals surface area contributed by atoms with Crippen LogP contribution in [0.25, 0.3) is 0 Å². The molecule has 0 aromatic heterocycles. The molecule has 0 unspecified atom stereocenters. The van der Waals surface area contributed by atoms with Crippen molar-refractivity contribution in [2.24, 2.45) is 4.99 Å². The van der Waals surface area contributed by atoms with Crippen molar-refractivity contribution >= 4 is 33.6 Å². The lowest BCUT2D eigenvalue weighted by Gasteiger charge is -2.24. The van der Waals surface area contributed by atoms with Crippen molar-refractivity contribution in [2.75, 3.05) is 21.3 Å². The molecule has 12 heteroatoms. The zero-order valence-electron chi connectivity index (χ0n) is 13.4. The maximum absolute atomic E-state index is 12.6. The van der Waals surface area contributed by atoms with E-state index < -0.39 is 22.2 Å². The maximum Gasteiger partial charge on any atom is 0.422 e. The highest BCUT2D eigenvalue weighted by atomic mass is 32.3. The van der Waals surface area contributed by atoms with Gasteiger partial charge in [0.2, 0.25) is 5.75 Å². The van der Waals surface area contributed by atoms with Crippen LogP contribution in [0.3, 0.4) is 0 Å². The quantitative estimate of drug-likeness (QED) is 0.602. The van der Waals surface area contributed by atoms with Gasteiger partial charge in [-0.1, -0.05) is 23.5 Å². The fraction of sp³-hybridized carbons (Fsp3) is 0.357. The van der Waals surface area contributed by atoms with Gasteiger partial charge in [0.15, 0.2) is 17.1 Å². The number of halogens is 6. The molecule has 0 spiro atoms. The molecule has 0 amide bonds. The lowest BCUT2D eigenvalue weighted by atomic mass is 10.2. The van der Waals surface area contributed by atoms with Crippen LogP contribution in [0.15, 0.2) is 26.9 Å². The fourth-order valence-electron chi connectivity index (χ4n) is 1.94. The molecule has 1 aromatic carbocycles. The molecule has 0 radical (unpaired) electrons. The average Bonchev–Trinajstić information content (AvgIpc) is 2.48. The fourth-order valence-corrected chi connectivity index (χ4v) is 3.97. The van der Waals surface area contributed by atoms with Gasteiger partial charge in [0.05, 0.1) is 31.3 Å². The van der Waals surface area contributed by atoms with Gasteiger partial charge < -0.3 is 14.2 Å². The van der Waals surface area contributed by atoms with Crippen molar-refractivity contribution in [3.63, 3.8) is 0 Å². The third-order valence-electron chi connectivity index (χ3n) is 3.00. The topological polar surface area (TPSA) is 40.0 Å². The first-order valence-electron chi connectivity index (χ1n) is 6.64. The Kier molecular flexibility index (Phi) is 5.95. The Morgan fingerprint density at radius 3 is 1.65 bits per heavy atom. The Morgan fingerprint density at radius 2 is 1.31 bits per heavy atom. The first-order valence-corrected chi connectivity index (χ1v) is 8.27. The second kappa shape index (κ2) is 7.51. The molecule has 0 atom stereocenters. The summed E-state index contributed by atoms with van der Waals surface area (Å²) in [5.41, 5.74) is -2.29. The molecule has 1 aromatic rings. The number of thioether (sulfide) groups is 2. The normalized spacial score (nSPS) is 14.7. The molecule has 0 bridgehead atoms. The minimum Gasteiger partial charge on any atom is -0.493 e. The van der Waals surface area contributed by atoms with E-state index in [4.69, 9.17) is 14.2 Å². The van der Waals surface area contributed by atoms with Crippen molar-refractivity contribution in [3.05, 3.63) is 21.9 Å². The number of allylic oxidation sites excluding steroid dienone is 1. The first-order chi connectivity index (χ1) is 12.0. The SMILES string of the molecule is COc1cc(N=C2SC(=C(C(F)(F)F)C(F)(F)F)S2)cc(OC)c1OC. The smallest absolute Gasteiger partial charge is 0.422 e. The minimum absolute atomic E-state index is 0.0280. The van der Waals surface area contributed by atoms with Crippen LogP contribution >= 0.6 is 23.5 Å². The standard InChI is InChI=1S/C14H11F6NO3S2/c1-22-7-4-6(5-8(23-2)9(7)24-3)21-12-25-11(26-12)10(13(15,16)17)14(18,19)20/h4-5H,1-3H3. The Hall–Kier alpha value is -1.69. The van der Waals surface area contributed by atoms with Crippen molar-refractivity contribution < 1.29 is 40.6 Å². The van der Waals surface area contributed by atoms with Crippen LogP contribution in [0.2, 0.25) is 0 Å². The molecule has 26 heavy (non-hydrogen) atoms. The minimum atomic E-state index is -5.49. The van der Waals surface area contributed by atoms with Crippen LogP contribution in [-0.4, -0.2) is 38.1 Å². The highest BCUT2D eigenvalue weighted by molar-refractivity contribution is 8.57. The van der Waals surface area contributed by atoms with E-state index in [2.05, 4.69) is 4.99 Å². The van der Waals surface area contributed by atoms with E-state index in [1.54, 1.807) is 0 Å². The van der Waals surface area contributed by atoms with Crippen molar-refractivity contribution in [2.45, 2.75) is 12.4 Å². The zero-order valence-corrected chi connectivity index (χ0v) is 15.0. The van der Waals surface area contributed by atoms with Crippen LogP contribution in [-0.2, 0) is 0 Å². The van der Waals surface area contributed by atoms with Crippen molar-refractivity contribution in [1.29, 1.82) is 0 Å². The summed E-state index contributed by atoms with van der Waals surface area (Å²) < 4.78 is 90.2.